The molecule has 0 aliphatic carbocycles. The highest BCUT2D eigenvalue weighted by atomic mass is 32.1. The second kappa shape index (κ2) is 6.72. The van der Waals surface area contributed by atoms with Crippen molar-refractivity contribution in [3.8, 4) is 0 Å². The van der Waals surface area contributed by atoms with Gasteiger partial charge < -0.3 is 4.74 Å². The third kappa shape index (κ3) is 3.82. The van der Waals surface area contributed by atoms with E-state index in [0.29, 0.717) is 21.4 Å². The Morgan fingerprint density at radius 2 is 2.19 bits per heavy atom. The molecule has 2 heterocycles. The number of hydrogen-bond acceptors (Lipinski definition) is 8. The Hall–Kier alpha value is -1.87. The maximum absolute atomic E-state index is 12.2. The van der Waals surface area contributed by atoms with Crippen LogP contribution in [0.2, 0.25) is 0 Å². The van der Waals surface area contributed by atoms with Gasteiger partial charge in [-0.15, -0.1) is 16.4 Å². The van der Waals surface area contributed by atoms with Crippen molar-refractivity contribution in [3.05, 3.63) is 21.6 Å². The molecule has 0 aliphatic rings. The molecule has 0 aromatic carbocycles. The molecule has 0 saturated heterocycles. The summed E-state index contributed by atoms with van der Waals surface area (Å²) < 4.78 is 8.38. The lowest BCUT2D eigenvalue weighted by Gasteiger charge is -2.03. The number of amides is 1. The van der Waals surface area contributed by atoms with Gasteiger partial charge in [-0.3, -0.25) is 14.9 Å². The van der Waals surface area contributed by atoms with Crippen molar-refractivity contribution in [2.24, 2.45) is 0 Å². The van der Waals surface area contributed by atoms with Gasteiger partial charge in [0.15, 0.2) is 5.13 Å². The predicted octanol–water partition coefficient (Wildman–Crippen LogP) is 2.09. The highest BCUT2D eigenvalue weighted by Gasteiger charge is 2.19. The van der Waals surface area contributed by atoms with Crippen molar-refractivity contribution in [2.75, 3.05) is 12.4 Å². The topological polar surface area (TPSA) is 94.1 Å². The third-order valence-corrected chi connectivity index (χ3v) is 4.14. The lowest BCUT2D eigenvalue weighted by Crippen LogP contribution is -2.13. The molecule has 21 heavy (non-hydrogen) atoms. The Kier molecular flexibility index (Phi) is 4.97. The van der Waals surface area contributed by atoms with Gasteiger partial charge in [0.25, 0.3) is 5.91 Å². The van der Waals surface area contributed by atoms with E-state index in [2.05, 4.69) is 24.6 Å². The second-order valence-corrected chi connectivity index (χ2v) is 6.11. The van der Waals surface area contributed by atoms with Crippen molar-refractivity contribution >= 4 is 39.9 Å². The van der Waals surface area contributed by atoms with E-state index in [1.165, 1.54) is 18.4 Å². The molecule has 0 saturated carbocycles. The van der Waals surface area contributed by atoms with Gasteiger partial charge in [0, 0.05) is 5.38 Å². The third-order valence-electron chi connectivity index (χ3n) is 2.59. The highest BCUT2D eigenvalue weighted by molar-refractivity contribution is 7.14. The normalized spacial score (nSPS) is 10.7. The smallest absolute Gasteiger partial charge is 0.311 e. The monoisotopic (exact) mass is 326 g/mol. The van der Waals surface area contributed by atoms with E-state index in [9.17, 15) is 9.59 Å². The number of esters is 1. The molecule has 0 radical (unpaired) electrons. The number of carbonyl (C=O) groups is 2. The molecule has 0 bridgehead atoms. The molecule has 1 amide bonds. The molecule has 1 N–H and O–H groups in total. The number of methoxy groups -OCH3 is 1. The standard InChI is InChI=1S/C12H14N4O3S2/c1-6(2)9-10(21-16-15-9)11(18)14-12-13-7(5-20-12)4-8(17)19-3/h5-6H,4H2,1-3H3,(H,13,14,18). The van der Waals surface area contributed by atoms with Crippen LogP contribution in [0.5, 0.6) is 0 Å². The fourth-order valence-electron chi connectivity index (χ4n) is 1.55. The van der Waals surface area contributed by atoms with Gasteiger partial charge in [0.05, 0.1) is 24.9 Å². The quantitative estimate of drug-likeness (QED) is 0.846. The molecular formula is C12H14N4O3S2. The number of hydrogen-bond donors (Lipinski definition) is 1. The maximum atomic E-state index is 12.2. The predicted molar refractivity (Wildman–Crippen MR) is 79.8 cm³/mol. The second-order valence-electron chi connectivity index (χ2n) is 4.49. The fraction of sp³-hybridized carbons (Fsp3) is 0.417. The summed E-state index contributed by atoms with van der Waals surface area (Å²) in [6.07, 6.45) is 0.0855. The zero-order valence-corrected chi connectivity index (χ0v) is 13.4. The molecule has 0 fully saturated rings. The van der Waals surface area contributed by atoms with E-state index in [1.807, 2.05) is 13.8 Å². The number of nitrogens with zero attached hydrogens (tertiary/aromatic N) is 3. The number of thiazole rings is 1. The number of rotatable bonds is 5. The molecule has 2 rings (SSSR count). The van der Waals surface area contributed by atoms with Gasteiger partial charge in [-0.05, 0) is 17.5 Å². The summed E-state index contributed by atoms with van der Waals surface area (Å²) in [5.41, 5.74) is 1.23. The Labute approximate surface area is 129 Å². The lowest BCUT2D eigenvalue weighted by atomic mass is 10.1. The number of carbonyl (C=O) groups excluding carboxylic acids is 2. The largest absolute Gasteiger partial charge is 0.469 e. The van der Waals surface area contributed by atoms with E-state index in [-0.39, 0.29) is 24.2 Å². The molecule has 9 heteroatoms. The first-order valence-corrected chi connectivity index (χ1v) is 7.81. The highest BCUT2D eigenvalue weighted by Crippen LogP contribution is 2.22. The van der Waals surface area contributed by atoms with Crippen LogP contribution in [0.1, 0.15) is 40.8 Å². The molecule has 0 aliphatic heterocycles. The van der Waals surface area contributed by atoms with Crippen LogP contribution in [0.25, 0.3) is 0 Å². The van der Waals surface area contributed by atoms with Gasteiger partial charge in [0.1, 0.15) is 4.88 Å². The molecule has 2 aromatic heterocycles. The SMILES string of the molecule is COC(=O)Cc1csc(NC(=O)c2snnc2C(C)C)n1. The summed E-state index contributed by atoms with van der Waals surface area (Å²) in [6.45, 7) is 3.90. The zero-order chi connectivity index (χ0) is 15.4. The van der Waals surface area contributed by atoms with Gasteiger partial charge in [0.2, 0.25) is 0 Å². The first-order chi connectivity index (χ1) is 10.0. The summed E-state index contributed by atoms with van der Waals surface area (Å²) in [7, 11) is 1.32. The van der Waals surface area contributed by atoms with Crippen molar-refractivity contribution < 1.29 is 14.3 Å². The summed E-state index contributed by atoms with van der Waals surface area (Å²) >= 11 is 2.31. The average molecular weight is 326 g/mol. The molecule has 112 valence electrons. The van der Waals surface area contributed by atoms with Crippen molar-refractivity contribution in [2.45, 2.75) is 26.2 Å². The summed E-state index contributed by atoms with van der Waals surface area (Å²) in [6, 6.07) is 0. The molecule has 7 nitrogen and oxygen atoms in total. The average Bonchev–Trinajstić information content (AvgIpc) is 3.07. The number of anilines is 1. The maximum Gasteiger partial charge on any atom is 0.311 e. The summed E-state index contributed by atoms with van der Waals surface area (Å²) in [5, 5.41) is 8.80. The van der Waals surface area contributed by atoms with Crippen LogP contribution in [-0.4, -0.2) is 33.6 Å². The van der Waals surface area contributed by atoms with Crippen LogP contribution < -0.4 is 5.32 Å². The molecular weight excluding hydrogens is 312 g/mol. The zero-order valence-electron chi connectivity index (χ0n) is 11.7. The Morgan fingerprint density at radius 3 is 2.86 bits per heavy atom. The van der Waals surface area contributed by atoms with Gasteiger partial charge in [-0.2, -0.15) is 0 Å². The van der Waals surface area contributed by atoms with Crippen LogP contribution in [-0.2, 0) is 16.0 Å². The van der Waals surface area contributed by atoms with Gasteiger partial charge in [-0.1, -0.05) is 18.3 Å². The number of aromatic nitrogens is 3. The van der Waals surface area contributed by atoms with Crippen LogP contribution in [0.15, 0.2) is 5.38 Å². The number of nitrogens with one attached hydrogen (secondary N) is 1. The fourth-order valence-corrected chi connectivity index (χ4v) is 2.97. The van der Waals surface area contributed by atoms with Crippen LogP contribution >= 0.6 is 22.9 Å². The molecule has 0 spiro atoms. The molecule has 2 aromatic rings. The van der Waals surface area contributed by atoms with Crippen LogP contribution in [0.4, 0.5) is 5.13 Å². The van der Waals surface area contributed by atoms with Crippen LogP contribution in [0, 0.1) is 0 Å². The van der Waals surface area contributed by atoms with Gasteiger partial charge >= 0.3 is 5.97 Å². The molecule has 0 unspecified atom stereocenters. The van der Waals surface area contributed by atoms with Crippen molar-refractivity contribution in [3.63, 3.8) is 0 Å². The number of ether oxygens (including phenoxy) is 1. The van der Waals surface area contributed by atoms with E-state index in [4.69, 9.17) is 0 Å². The summed E-state index contributed by atoms with van der Waals surface area (Å²) in [5.74, 6) is -0.532. The van der Waals surface area contributed by atoms with E-state index in [1.54, 1.807) is 5.38 Å². The summed E-state index contributed by atoms with van der Waals surface area (Å²) in [4.78, 5) is 28.0. The Balaban J connectivity index is 2.06. The molecule has 0 atom stereocenters. The first kappa shape index (κ1) is 15.5. The van der Waals surface area contributed by atoms with Crippen LogP contribution in [0.3, 0.4) is 0 Å². The minimum Gasteiger partial charge on any atom is -0.469 e. The van der Waals surface area contributed by atoms with Crippen molar-refractivity contribution in [1.29, 1.82) is 0 Å². The lowest BCUT2D eigenvalue weighted by molar-refractivity contribution is -0.139. The van der Waals surface area contributed by atoms with E-state index in [0.717, 1.165) is 11.5 Å². The first-order valence-electron chi connectivity index (χ1n) is 6.16. The van der Waals surface area contributed by atoms with E-state index < -0.39 is 0 Å². The van der Waals surface area contributed by atoms with Gasteiger partial charge in [-0.25, -0.2) is 4.98 Å². The minimum atomic E-state index is -0.369. The Bertz CT molecular complexity index is 650. The van der Waals surface area contributed by atoms with E-state index >= 15 is 0 Å². The minimum absolute atomic E-state index is 0.0855. The Morgan fingerprint density at radius 1 is 1.43 bits per heavy atom. The van der Waals surface area contributed by atoms with Crippen molar-refractivity contribution in [1.82, 2.24) is 14.6 Å².